The van der Waals surface area contributed by atoms with Crippen molar-refractivity contribution >= 4 is 10.0 Å². The number of hydrogen-bond acceptors (Lipinski definition) is 3. The molecule has 0 N–H and O–H groups in total. The number of sulfonamides is 1. The molecule has 0 aliphatic rings. The van der Waals surface area contributed by atoms with Crippen molar-refractivity contribution in [2.24, 2.45) is 0 Å². The Hall–Kier alpha value is -0.940. The van der Waals surface area contributed by atoms with Gasteiger partial charge in [-0.15, -0.1) is 0 Å². The second-order valence-corrected chi connectivity index (χ2v) is 5.66. The molecule has 0 aliphatic heterocycles. The van der Waals surface area contributed by atoms with Crippen molar-refractivity contribution in [3.05, 3.63) is 30.1 Å². The summed E-state index contributed by atoms with van der Waals surface area (Å²) in [6.07, 6.45) is 2.36. The molecule has 0 saturated heterocycles. The molecule has 1 heterocycles. The van der Waals surface area contributed by atoms with Gasteiger partial charge in [-0.2, -0.15) is 0 Å². The minimum Gasteiger partial charge on any atom is -0.261 e. The van der Waals surface area contributed by atoms with Gasteiger partial charge in [0.15, 0.2) is 0 Å². The molecule has 0 fully saturated rings. The van der Waals surface area contributed by atoms with E-state index < -0.39 is 10.0 Å². The SMILES string of the molecule is CCS(=O)(=O)N(C)CCc1ccccn1. The van der Waals surface area contributed by atoms with Crippen molar-refractivity contribution in [1.82, 2.24) is 9.29 Å². The minimum absolute atomic E-state index is 0.145. The van der Waals surface area contributed by atoms with Gasteiger partial charge in [0, 0.05) is 31.9 Å². The molecule has 1 rings (SSSR count). The Labute approximate surface area is 91.0 Å². The van der Waals surface area contributed by atoms with Crippen LogP contribution in [-0.2, 0) is 16.4 Å². The van der Waals surface area contributed by atoms with Crippen LogP contribution in [0.3, 0.4) is 0 Å². The molecule has 5 heteroatoms. The Bertz CT molecular complexity index is 389. The van der Waals surface area contributed by atoms with Gasteiger partial charge in [-0.05, 0) is 19.1 Å². The van der Waals surface area contributed by atoms with Gasteiger partial charge in [0.2, 0.25) is 10.0 Å². The molecule has 0 atom stereocenters. The fourth-order valence-corrected chi connectivity index (χ4v) is 1.99. The fraction of sp³-hybridized carbons (Fsp3) is 0.500. The zero-order chi connectivity index (χ0) is 11.3. The van der Waals surface area contributed by atoms with Gasteiger partial charge >= 0.3 is 0 Å². The van der Waals surface area contributed by atoms with Gasteiger partial charge < -0.3 is 0 Å². The van der Waals surface area contributed by atoms with Crippen LogP contribution in [0.2, 0.25) is 0 Å². The molecule has 0 amide bonds. The summed E-state index contributed by atoms with van der Waals surface area (Å²) in [5.41, 5.74) is 0.913. The van der Waals surface area contributed by atoms with Gasteiger partial charge in [0.05, 0.1) is 5.75 Å². The standard InChI is InChI=1S/C10H16N2O2S/c1-3-15(13,14)12(2)9-7-10-6-4-5-8-11-10/h4-6,8H,3,7,9H2,1-2H3. The van der Waals surface area contributed by atoms with Crippen molar-refractivity contribution in [3.8, 4) is 0 Å². The first kappa shape index (κ1) is 12.1. The van der Waals surface area contributed by atoms with E-state index in [4.69, 9.17) is 0 Å². The summed E-state index contributed by atoms with van der Waals surface area (Å²) in [6.45, 7) is 2.12. The molecule has 1 aromatic heterocycles. The Morgan fingerprint density at radius 1 is 1.40 bits per heavy atom. The van der Waals surface area contributed by atoms with Crippen molar-refractivity contribution < 1.29 is 8.42 Å². The van der Waals surface area contributed by atoms with E-state index in [0.717, 1.165) is 5.69 Å². The van der Waals surface area contributed by atoms with Crippen molar-refractivity contribution in [1.29, 1.82) is 0 Å². The third-order valence-corrected chi connectivity index (χ3v) is 4.11. The Balaban J connectivity index is 2.52. The number of aromatic nitrogens is 1. The summed E-state index contributed by atoms with van der Waals surface area (Å²) in [5, 5.41) is 0. The van der Waals surface area contributed by atoms with E-state index in [1.54, 1.807) is 20.2 Å². The molecule has 0 unspecified atom stereocenters. The van der Waals surface area contributed by atoms with E-state index in [-0.39, 0.29) is 5.75 Å². The normalized spacial score (nSPS) is 11.9. The van der Waals surface area contributed by atoms with Crippen LogP contribution < -0.4 is 0 Å². The third kappa shape index (κ3) is 3.60. The highest BCUT2D eigenvalue weighted by Gasteiger charge is 2.14. The Kier molecular flexibility index (Phi) is 4.23. The lowest BCUT2D eigenvalue weighted by Crippen LogP contribution is -2.30. The number of likely N-dealkylation sites (N-methyl/N-ethyl adjacent to an activating group) is 1. The smallest absolute Gasteiger partial charge is 0.213 e. The van der Waals surface area contributed by atoms with Crippen molar-refractivity contribution in [3.63, 3.8) is 0 Å². The average Bonchev–Trinajstić information content (AvgIpc) is 2.27. The summed E-state index contributed by atoms with van der Waals surface area (Å²) < 4.78 is 24.2. The fourth-order valence-electron chi connectivity index (χ4n) is 1.18. The molecule has 0 aromatic carbocycles. The molecular formula is C10H16N2O2S. The van der Waals surface area contributed by atoms with Crippen molar-refractivity contribution in [2.75, 3.05) is 19.3 Å². The zero-order valence-electron chi connectivity index (χ0n) is 9.05. The van der Waals surface area contributed by atoms with Crippen LogP contribution in [0.5, 0.6) is 0 Å². The summed E-state index contributed by atoms with van der Waals surface area (Å²) in [7, 11) is -1.46. The predicted molar refractivity (Wildman–Crippen MR) is 60.0 cm³/mol. The largest absolute Gasteiger partial charge is 0.261 e. The number of rotatable bonds is 5. The van der Waals surface area contributed by atoms with Gasteiger partial charge in [-0.3, -0.25) is 4.98 Å². The molecule has 0 aliphatic carbocycles. The van der Waals surface area contributed by atoms with Crippen LogP contribution in [0, 0.1) is 0 Å². The minimum atomic E-state index is -3.06. The van der Waals surface area contributed by atoms with Crippen LogP contribution in [0.4, 0.5) is 0 Å². The van der Waals surface area contributed by atoms with E-state index in [1.807, 2.05) is 18.2 Å². The summed E-state index contributed by atoms with van der Waals surface area (Å²) in [4.78, 5) is 4.14. The van der Waals surface area contributed by atoms with E-state index in [2.05, 4.69) is 4.98 Å². The van der Waals surface area contributed by atoms with E-state index in [9.17, 15) is 8.42 Å². The molecule has 4 nitrogen and oxygen atoms in total. The Morgan fingerprint density at radius 2 is 2.13 bits per heavy atom. The van der Waals surface area contributed by atoms with E-state index in [1.165, 1.54) is 4.31 Å². The first-order valence-corrected chi connectivity index (χ1v) is 6.51. The third-order valence-electron chi connectivity index (χ3n) is 2.25. The highest BCUT2D eigenvalue weighted by molar-refractivity contribution is 7.89. The molecule has 15 heavy (non-hydrogen) atoms. The molecule has 0 spiro atoms. The lowest BCUT2D eigenvalue weighted by molar-refractivity contribution is 0.472. The van der Waals surface area contributed by atoms with Crippen LogP contribution in [0.15, 0.2) is 24.4 Å². The molecule has 84 valence electrons. The highest BCUT2D eigenvalue weighted by Crippen LogP contribution is 2.01. The average molecular weight is 228 g/mol. The van der Waals surface area contributed by atoms with Crippen LogP contribution in [0.25, 0.3) is 0 Å². The topological polar surface area (TPSA) is 50.3 Å². The van der Waals surface area contributed by atoms with Gasteiger partial charge in [0.25, 0.3) is 0 Å². The Morgan fingerprint density at radius 3 is 2.67 bits per heavy atom. The predicted octanol–water partition coefficient (Wildman–Crippen LogP) is 0.906. The maximum absolute atomic E-state index is 11.4. The molecular weight excluding hydrogens is 212 g/mol. The lowest BCUT2D eigenvalue weighted by Gasteiger charge is -2.15. The van der Waals surface area contributed by atoms with Crippen LogP contribution in [0.1, 0.15) is 12.6 Å². The maximum atomic E-state index is 11.4. The van der Waals surface area contributed by atoms with Crippen LogP contribution >= 0.6 is 0 Å². The van der Waals surface area contributed by atoms with E-state index >= 15 is 0 Å². The number of hydrogen-bond donors (Lipinski definition) is 0. The quantitative estimate of drug-likeness (QED) is 0.752. The number of nitrogens with zero attached hydrogens (tertiary/aromatic N) is 2. The highest BCUT2D eigenvalue weighted by atomic mass is 32.2. The first-order chi connectivity index (χ1) is 7.06. The summed E-state index contributed by atoms with van der Waals surface area (Å²) >= 11 is 0. The second kappa shape index (κ2) is 5.23. The van der Waals surface area contributed by atoms with Crippen molar-refractivity contribution in [2.45, 2.75) is 13.3 Å². The molecule has 0 radical (unpaired) electrons. The molecule has 0 bridgehead atoms. The van der Waals surface area contributed by atoms with Gasteiger partial charge in [0.1, 0.15) is 0 Å². The van der Waals surface area contributed by atoms with E-state index in [0.29, 0.717) is 13.0 Å². The van der Waals surface area contributed by atoms with Gasteiger partial charge in [-0.25, -0.2) is 12.7 Å². The summed E-state index contributed by atoms with van der Waals surface area (Å²) in [5.74, 6) is 0.145. The maximum Gasteiger partial charge on any atom is 0.213 e. The number of pyridine rings is 1. The van der Waals surface area contributed by atoms with Crippen LogP contribution in [-0.4, -0.2) is 37.1 Å². The molecule has 0 saturated carbocycles. The summed E-state index contributed by atoms with van der Waals surface area (Å²) in [6, 6.07) is 5.64. The van der Waals surface area contributed by atoms with Gasteiger partial charge in [-0.1, -0.05) is 6.07 Å². The first-order valence-electron chi connectivity index (χ1n) is 4.90. The lowest BCUT2D eigenvalue weighted by atomic mass is 10.3. The molecule has 1 aromatic rings. The monoisotopic (exact) mass is 228 g/mol. The zero-order valence-corrected chi connectivity index (χ0v) is 9.87. The second-order valence-electron chi connectivity index (χ2n) is 3.29.